The highest BCUT2D eigenvalue weighted by Crippen LogP contribution is 2.35. The summed E-state index contributed by atoms with van der Waals surface area (Å²) in [5.41, 5.74) is 2.42. The van der Waals surface area contributed by atoms with Gasteiger partial charge in [0.25, 0.3) is 5.91 Å². The molecule has 3 aromatic rings. The Hall–Kier alpha value is -3.15. The molecule has 6 heteroatoms. The minimum Gasteiger partial charge on any atom is -0.497 e. The zero-order chi connectivity index (χ0) is 20.5. The molecule has 0 radical (unpaired) electrons. The van der Waals surface area contributed by atoms with E-state index in [1.165, 1.54) is 0 Å². The van der Waals surface area contributed by atoms with Crippen LogP contribution in [-0.4, -0.2) is 26.2 Å². The number of carbonyl (C=O) groups is 1. The van der Waals surface area contributed by atoms with Gasteiger partial charge in [0, 0.05) is 10.9 Å². The number of aryl methyl sites for hydroxylation is 1. The van der Waals surface area contributed by atoms with Gasteiger partial charge >= 0.3 is 0 Å². The summed E-state index contributed by atoms with van der Waals surface area (Å²) in [6.07, 6.45) is 0. The van der Waals surface area contributed by atoms with Crippen LogP contribution in [0.15, 0.2) is 40.8 Å². The summed E-state index contributed by atoms with van der Waals surface area (Å²) in [4.78, 5) is 13.1. The van der Waals surface area contributed by atoms with E-state index >= 15 is 0 Å². The average Bonchev–Trinajstić information content (AvgIpc) is 3.07. The lowest BCUT2D eigenvalue weighted by molar-refractivity contribution is 0.0898. The van der Waals surface area contributed by atoms with Crippen LogP contribution < -0.4 is 19.5 Å². The van der Waals surface area contributed by atoms with E-state index in [1.807, 2.05) is 43.3 Å². The molecule has 1 aliphatic heterocycles. The molecule has 2 aromatic carbocycles. The summed E-state index contributed by atoms with van der Waals surface area (Å²) >= 11 is 0. The van der Waals surface area contributed by atoms with Gasteiger partial charge in [-0.15, -0.1) is 0 Å². The van der Waals surface area contributed by atoms with Crippen LogP contribution in [0.25, 0.3) is 11.0 Å². The Morgan fingerprint density at radius 2 is 1.83 bits per heavy atom. The van der Waals surface area contributed by atoms with Crippen molar-refractivity contribution in [3.8, 4) is 17.2 Å². The summed E-state index contributed by atoms with van der Waals surface area (Å²) in [7, 11) is 1.62. The molecule has 1 N–H and O–H groups in total. The van der Waals surface area contributed by atoms with E-state index in [2.05, 4.69) is 19.2 Å². The first-order valence-corrected chi connectivity index (χ1v) is 9.75. The van der Waals surface area contributed by atoms with Gasteiger partial charge < -0.3 is 23.9 Å². The molecule has 2 heterocycles. The molecule has 152 valence electrons. The molecule has 0 spiro atoms. The number of fused-ring (bicyclic) bond motifs is 2. The van der Waals surface area contributed by atoms with Crippen LogP contribution in [0, 0.1) is 12.8 Å². The number of furan rings is 1. The quantitative estimate of drug-likeness (QED) is 0.681. The largest absolute Gasteiger partial charge is 0.497 e. The van der Waals surface area contributed by atoms with Crippen LogP contribution >= 0.6 is 0 Å². The van der Waals surface area contributed by atoms with Gasteiger partial charge in [0.2, 0.25) is 0 Å². The molecule has 0 unspecified atom stereocenters. The third-order valence-electron chi connectivity index (χ3n) is 5.23. The topological polar surface area (TPSA) is 69.9 Å². The number of nitrogens with one attached hydrogen (secondary N) is 1. The summed E-state index contributed by atoms with van der Waals surface area (Å²) < 4.78 is 22.4. The van der Waals surface area contributed by atoms with Crippen LogP contribution in [0.3, 0.4) is 0 Å². The van der Waals surface area contributed by atoms with Crippen molar-refractivity contribution in [2.45, 2.75) is 26.8 Å². The average molecular weight is 395 g/mol. The van der Waals surface area contributed by atoms with E-state index in [4.69, 9.17) is 18.6 Å². The molecule has 1 aromatic heterocycles. The zero-order valence-electron chi connectivity index (χ0n) is 17.1. The van der Waals surface area contributed by atoms with Crippen LogP contribution in [0.5, 0.6) is 17.2 Å². The van der Waals surface area contributed by atoms with Gasteiger partial charge in [-0.1, -0.05) is 19.9 Å². The maximum Gasteiger partial charge on any atom is 0.287 e. The van der Waals surface area contributed by atoms with E-state index in [9.17, 15) is 4.79 Å². The lowest BCUT2D eigenvalue weighted by atomic mass is 9.95. The highest BCUT2D eigenvalue weighted by molar-refractivity contribution is 5.99. The fraction of sp³-hybridized carbons (Fsp3) is 0.348. The summed E-state index contributed by atoms with van der Waals surface area (Å²) in [6, 6.07) is 11.1. The molecule has 1 atom stereocenters. The van der Waals surface area contributed by atoms with Gasteiger partial charge in [-0.25, -0.2) is 0 Å². The molecule has 1 amide bonds. The minimum atomic E-state index is -0.244. The molecule has 6 nitrogen and oxygen atoms in total. The Bertz CT molecular complexity index is 1050. The van der Waals surface area contributed by atoms with Gasteiger partial charge in [-0.05, 0) is 48.7 Å². The van der Waals surface area contributed by atoms with Gasteiger partial charge in [-0.2, -0.15) is 0 Å². The minimum absolute atomic E-state index is 0.172. The SMILES string of the molecule is COc1ccc2oc(C(=O)N[C@H](c3ccc4c(c3)OCCO4)C(C)C)c(C)c2c1. The Balaban J connectivity index is 1.63. The maximum atomic E-state index is 13.1. The Morgan fingerprint density at radius 3 is 2.55 bits per heavy atom. The number of ether oxygens (including phenoxy) is 3. The van der Waals surface area contributed by atoms with E-state index in [-0.39, 0.29) is 17.9 Å². The Kier molecular flexibility index (Phi) is 5.09. The monoisotopic (exact) mass is 395 g/mol. The Morgan fingerprint density at radius 1 is 1.07 bits per heavy atom. The van der Waals surface area contributed by atoms with Crippen molar-refractivity contribution in [1.82, 2.24) is 5.32 Å². The molecule has 0 saturated heterocycles. The molecule has 1 aliphatic rings. The lowest BCUT2D eigenvalue weighted by Gasteiger charge is -2.25. The van der Waals surface area contributed by atoms with Crippen molar-refractivity contribution < 1.29 is 23.4 Å². The first kappa shape index (κ1) is 19.2. The van der Waals surface area contributed by atoms with Gasteiger partial charge in [0.05, 0.1) is 13.2 Å². The van der Waals surface area contributed by atoms with Crippen LogP contribution in [0.1, 0.15) is 41.6 Å². The highest BCUT2D eigenvalue weighted by Gasteiger charge is 2.25. The van der Waals surface area contributed by atoms with Gasteiger partial charge in [0.1, 0.15) is 24.5 Å². The lowest BCUT2D eigenvalue weighted by Crippen LogP contribution is -2.32. The van der Waals surface area contributed by atoms with Crippen LogP contribution in [0.4, 0.5) is 0 Å². The number of rotatable bonds is 5. The molecule has 0 fully saturated rings. The van der Waals surface area contributed by atoms with Crippen molar-refractivity contribution >= 4 is 16.9 Å². The standard InChI is InChI=1S/C23H25NO5/c1-13(2)21(15-5-7-19-20(11-15)28-10-9-27-19)24-23(25)22-14(3)17-12-16(26-4)6-8-18(17)29-22/h5-8,11-13,21H,9-10H2,1-4H3,(H,24,25)/t21-/m0/s1. The molecule has 0 aliphatic carbocycles. The summed E-state index contributed by atoms with van der Waals surface area (Å²) in [5, 5.41) is 4.00. The van der Waals surface area contributed by atoms with E-state index in [0.717, 1.165) is 28.0 Å². The van der Waals surface area contributed by atoms with Crippen molar-refractivity contribution in [1.29, 1.82) is 0 Å². The second-order valence-electron chi connectivity index (χ2n) is 7.52. The molecule has 4 rings (SSSR count). The van der Waals surface area contributed by atoms with E-state index in [1.54, 1.807) is 7.11 Å². The Labute approximate surface area is 169 Å². The first-order valence-electron chi connectivity index (χ1n) is 9.75. The predicted molar refractivity (Wildman–Crippen MR) is 110 cm³/mol. The number of carbonyl (C=O) groups excluding carboxylic acids is 1. The molecule has 29 heavy (non-hydrogen) atoms. The smallest absolute Gasteiger partial charge is 0.287 e. The fourth-order valence-electron chi connectivity index (χ4n) is 3.64. The van der Waals surface area contributed by atoms with Gasteiger partial charge in [-0.3, -0.25) is 4.79 Å². The third-order valence-corrected chi connectivity index (χ3v) is 5.23. The molecular formula is C23H25NO5. The fourth-order valence-corrected chi connectivity index (χ4v) is 3.64. The van der Waals surface area contributed by atoms with Gasteiger partial charge in [0.15, 0.2) is 17.3 Å². The number of amides is 1. The number of hydrogen-bond donors (Lipinski definition) is 1. The van der Waals surface area contributed by atoms with Crippen molar-refractivity contribution in [3.63, 3.8) is 0 Å². The summed E-state index contributed by atoms with van der Waals surface area (Å²) in [6.45, 7) is 7.09. The normalized spacial score (nSPS) is 14.1. The highest BCUT2D eigenvalue weighted by atomic mass is 16.6. The number of benzene rings is 2. The predicted octanol–water partition coefficient (Wildman–Crippen LogP) is 4.65. The van der Waals surface area contributed by atoms with Crippen molar-refractivity contribution in [2.75, 3.05) is 20.3 Å². The third kappa shape index (κ3) is 3.62. The number of hydrogen-bond acceptors (Lipinski definition) is 5. The van der Waals surface area contributed by atoms with Crippen molar-refractivity contribution in [3.05, 3.63) is 53.3 Å². The maximum absolute atomic E-state index is 13.1. The zero-order valence-corrected chi connectivity index (χ0v) is 17.1. The molecule has 0 saturated carbocycles. The molecular weight excluding hydrogens is 370 g/mol. The van der Waals surface area contributed by atoms with Crippen LogP contribution in [0.2, 0.25) is 0 Å². The second kappa shape index (κ2) is 7.70. The first-order chi connectivity index (χ1) is 14.0. The second-order valence-corrected chi connectivity index (χ2v) is 7.52. The van der Waals surface area contributed by atoms with E-state index < -0.39 is 0 Å². The number of methoxy groups -OCH3 is 1. The molecule has 0 bridgehead atoms. The summed E-state index contributed by atoms with van der Waals surface area (Å²) in [5.74, 6) is 2.41. The van der Waals surface area contributed by atoms with E-state index in [0.29, 0.717) is 30.3 Å². The van der Waals surface area contributed by atoms with Crippen LogP contribution in [-0.2, 0) is 0 Å². The van der Waals surface area contributed by atoms with Crippen molar-refractivity contribution in [2.24, 2.45) is 5.92 Å².